The van der Waals surface area contributed by atoms with Crippen LogP contribution in [0.15, 0.2) is 65.7 Å². The second-order valence-electron chi connectivity index (χ2n) is 7.41. The first kappa shape index (κ1) is 20.4. The SMILES string of the molecule is C[C@H](NC(=O)c1cc(-c2cccnc2)ncn1)c1cc(-c2nc3ccc(CF)cc3[nH]2)no1. The molecule has 0 saturated heterocycles. The quantitative estimate of drug-likeness (QED) is 0.406. The van der Waals surface area contributed by atoms with E-state index >= 15 is 0 Å². The summed E-state index contributed by atoms with van der Waals surface area (Å²) < 4.78 is 18.3. The van der Waals surface area contributed by atoms with Gasteiger partial charge in [-0.15, -0.1) is 0 Å². The van der Waals surface area contributed by atoms with E-state index in [0.29, 0.717) is 39.6 Å². The maximum Gasteiger partial charge on any atom is 0.270 e. The van der Waals surface area contributed by atoms with E-state index in [1.807, 2.05) is 6.07 Å². The number of rotatable bonds is 6. The number of fused-ring (bicyclic) bond motifs is 1. The molecular weight excluding hydrogens is 425 g/mol. The van der Waals surface area contributed by atoms with Gasteiger partial charge in [0.15, 0.2) is 11.6 Å². The number of hydrogen-bond acceptors (Lipinski definition) is 7. The van der Waals surface area contributed by atoms with Crippen LogP contribution in [0.25, 0.3) is 33.8 Å². The zero-order valence-corrected chi connectivity index (χ0v) is 17.5. The van der Waals surface area contributed by atoms with Crippen molar-refractivity contribution in [1.82, 2.24) is 35.4 Å². The number of hydrogen-bond donors (Lipinski definition) is 2. The lowest BCUT2D eigenvalue weighted by molar-refractivity contribution is 0.0928. The van der Waals surface area contributed by atoms with Crippen LogP contribution in [0, 0.1) is 0 Å². The lowest BCUT2D eigenvalue weighted by Crippen LogP contribution is -2.27. The normalized spacial score (nSPS) is 12.1. The van der Waals surface area contributed by atoms with Crippen LogP contribution in [-0.2, 0) is 6.67 Å². The van der Waals surface area contributed by atoms with Gasteiger partial charge in [0.1, 0.15) is 24.4 Å². The molecule has 0 aliphatic rings. The average Bonchev–Trinajstić information content (AvgIpc) is 3.51. The maximum atomic E-state index is 12.9. The fourth-order valence-electron chi connectivity index (χ4n) is 3.36. The highest BCUT2D eigenvalue weighted by molar-refractivity contribution is 5.93. The molecule has 33 heavy (non-hydrogen) atoms. The van der Waals surface area contributed by atoms with Crippen LogP contribution < -0.4 is 5.32 Å². The van der Waals surface area contributed by atoms with Crippen LogP contribution in [0.5, 0.6) is 0 Å². The first-order valence-corrected chi connectivity index (χ1v) is 10.2. The Kier molecular flexibility index (Phi) is 5.31. The molecule has 1 amide bonds. The molecule has 1 aromatic carbocycles. The standard InChI is InChI=1S/C23H18FN7O2/c1-13(28-23(32)20-8-17(26-12-27-20)15-3-2-6-25-11-15)21-9-19(31-33-21)22-29-16-5-4-14(10-24)7-18(16)30-22/h2-9,11-13H,10H2,1H3,(H,28,32)(H,29,30)/t13-/m0/s1. The number of halogens is 1. The minimum atomic E-state index is -0.550. The Balaban J connectivity index is 1.32. The van der Waals surface area contributed by atoms with Crippen molar-refractivity contribution in [2.45, 2.75) is 19.6 Å². The van der Waals surface area contributed by atoms with Crippen LogP contribution in [0.3, 0.4) is 0 Å². The molecule has 0 radical (unpaired) electrons. The van der Waals surface area contributed by atoms with Crippen molar-refractivity contribution in [3.63, 3.8) is 0 Å². The molecule has 164 valence electrons. The number of benzene rings is 1. The fraction of sp³-hybridized carbons (Fsp3) is 0.130. The van der Waals surface area contributed by atoms with E-state index in [-0.39, 0.29) is 11.6 Å². The van der Waals surface area contributed by atoms with E-state index in [1.54, 1.807) is 55.7 Å². The highest BCUT2D eigenvalue weighted by atomic mass is 19.1. The number of alkyl halides is 1. The summed E-state index contributed by atoms with van der Waals surface area (Å²) in [6.07, 6.45) is 4.67. The van der Waals surface area contributed by atoms with E-state index < -0.39 is 12.7 Å². The van der Waals surface area contributed by atoms with Gasteiger partial charge in [0.25, 0.3) is 5.91 Å². The maximum absolute atomic E-state index is 12.9. The van der Waals surface area contributed by atoms with Crippen LogP contribution in [0.1, 0.15) is 34.8 Å². The van der Waals surface area contributed by atoms with Crippen molar-refractivity contribution < 1.29 is 13.7 Å². The summed E-state index contributed by atoms with van der Waals surface area (Å²) in [5, 5.41) is 6.90. The number of pyridine rings is 1. The summed E-state index contributed by atoms with van der Waals surface area (Å²) in [6.45, 7) is 1.23. The Morgan fingerprint density at radius 2 is 2.09 bits per heavy atom. The molecular formula is C23H18FN7O2. The van der Waals surface area contributed by atoms with Crippen molar-refractivity contribution in [2.24, 2.45) is 0 Å². The largest absolute Gasteiger partial charge is 0.358 e. The predicted octanol–water partition coefficient (Wildman–Crippen LogP) is 4.03. The van der Waals surface area contributed by atoms with E-state index in [4.69, 9.17) is 4.52 Å². The van der Waals surface area contributed by atoms with Gasteiger partial charge in [-0.05, 0) is 42.8 Å². The van der Waals surface area contributed by atoms with Gasteiger partial charge in [-0.3, -0.25) is 9.78 Å². The van der Waals surface area contributed by atoms with Gasteiger partial charge in [0.05, 0.1) is 22.8 Å². The third kappa shape index (κ3) is 4.18. The van der Waals surface area contributed by atoms with E-state index in [2.05, 4.69) is 35.4 Å². The Bertz CT molecular complexity index is 1430. The molecule has 0 fully saturated rings. The molecule has 0 unspecified atom stereocenters. The van der Waals surface area contributed by atoms with Gasteiger partial charge in [-0.25, -0.2) is 19.3 Å². The van der Waals surface area contributed by atoms with Crippen LogP contribution in [0.2, 0.25) is 0 Å². The third-order valence-electron chi connectivity index (χ3n) is 5.10. The Morgan fingerprint density at radius 3 is 2.91 bits per heavy atom. The number of carbonyl (C=O) groups excluding carboxylic acids is 1. The molecule has 5 rings (SSSR count). The number of aromatic nitrogens is 6. The number of nitrogens with one attached hydrogen (secondary N) is 2. The monoisotopic (exact) mass is 443 g/mol. The summed E-state index contributed by atoms with van der Waals surface area (Å²) in [7, 11) is 0. The molecule has 1 atom stereocenters. The van der Waals surface area contributed by atoms with Crippen molar-refractivity contribution in [2.75, 3.05) is 0 Å². The molecule has 0 spiro atoms. The van der Waals surface area contributed by atoms with Gasteiger partial charge in [-0.1, -0.05) is 11.2 Å². The summed E-state index contributed by atoms with van der Waals surface area (Å²) >= 11 is 0. The summed E-state index contributed by atoms with van der Waals surface area (Å²) in [5.74, 6) is 0.562. The van der Waals surface area contributed by atoms with Crippen LogP contribution >= 0.6 is 0 Å². The molecule has 0 saturated carbocycles. The molecule has 0 aliphatic carbocycles. The molecule has 10 heteroatoms. The van der Waals surface area contributed by atoms with Gasteiger partial charge >= 0.3 is 0 Å². The van der Waals surface area contributed by atoms with Gasteiger partial charge in [0.2, 0.25) is 0 Å². The van der Waals surface area contributed by atoms with Gasteiger partial charge < -0.3 is 14.8 Å². The molecule has 0 bridgehead atoms. The minimum absolute atomic E-state index is 0.219. The first-order chi connectivity index (χ1) is 16.1. The summed E-state index contributed by atoms with van der Waals surface area (Å²) in [6, 6.07) is 11.6. The number of aromatic amines is 1. The molecule has 4 heterocycles. The Morgan fingerprint density at radius 1 is 1.18 bits per heavy atom. The minimum Gasteiger partial charge on any atom is -0.358 e. The summed E-state index contributed by atoms with van der Waals surface area (Å²) in [5.41, 5.74) is 4.04. The van der Waals surface area contributed by atoms with Crippen molar-refractivity contribution >= 4 is 16.9 Å². The average molecular weight is 443 g/mol. The molecule has 2 N–H and O–H groups in total. The second-order valence-corrected chi connectivity index (χ2v) is 7.41. The number of nitrogens with zero attached hydrogens (tertiary/aromatic N) is 5. The first-order valence-electron chi connectivity index (χ1n) is 10.2. The third-order valence-corrected chi connectivity index (χ3v) is 5.10. The van der Waals surface area contributed by atoms with Crippen molar-refractivity contribution in [3.8, 4) is 22.8 Å². The fourth-order valence-corrected chi connectivity index (χ4v) is 3.36. The van der Waals surface area contributed by atoms with Crippen LogP contribution in [0.4, 0.5) is 4.39 Å². The molecule has 9 nitrogen and oxygen atoms in total. The topological polar surface area (TPSA) is 122 Å². The number of amides is 1. The molecule has 0 aliphatic heterocycles. The Labute approximate surface area is 187 Å². The Hall–Kier alpha value is -4.47. The number of imidazole rings is 1. The van der Waals surface area contributed by atoms with Gasteiger partial charge in [0, 0.05) is 24.0 Å². The number of H-pyrrole nitrogens is 1. The molecule has 4 aromatic heterocycles. The zero-order valence-electron chi connectivity index (χ0n) is 17.5. The van der Waals surface area contributed by atoms with E-state index in [0.717, 1.165) is 5.56 Å². The van der Waals surface area contributed by atoms with Crippen molar-refractivity contribution in [3.05, 3.63) is 78.2 Å². The smallest absolute Gasteiger partial charge is 0.270 e. The summed E-state index contributed by atoms with van der Waals surface area (Å²) in [4.78, 5) is 32.7. The highest BCUT2D eigenvalue weighted by Crippen LogP contribution is 2.24. The second kappa shape index (κ2) is 8.58. The molecule has 5 aromatic rings. The lowest BCUT2D eigenvalue weighted by Gasteiger charge is -2.10. The van der Waals surface area contributed by atoms with E-state index in [9.17, 15) is 9.18 Å². The number of carbonyl (C=O) groups is 1. The highest BCUT2D eigenvalue weighted by Gasteiger charge is 2.19. The zero-order chi connectivity index (χ0) is 22.8. The van der Waals surface area contributed by atoms with Crippen molar-refractivity contribution in [1.29, 1.82) is 0 Å². The van der Waals surface area contributed by atoms with E-state index in [1.165, 1.54) is 6.33 Å². The van der Waals surface area contributed by atoms with Crippen LogP contribution in [-0.4, -0.2) is 36.0 Å². The predicted molar refractivity (Wildman–Crippen MR) is 118 cm³/mol. The lowest BCUT2D eigenvalue weighted by atomic mass is 10.1. The van der Waals surface area contributed by atoms with Gasteiger partial charge in [-0.2, -0.15) is 0 Å².